The summed E-state index contributed by atoms with van der Waals surface area (Å²) in [4.78, 5) is 18.0. The zero-order valence-corrected chi connectivity index (χ0v) is 21.0. The predicted octanol–water partition coefficient (Wildman–Crippen LogP) is 6.22. The van der Waals surface area contributed by atoms with E-state index >= 15 is 0 Å². The molecule has 0 saturated carbocycles. The maximum absolute atomic E-state index is 13.3. The van der Waals surface area contributed by atoms with Crippen molar-refractivity contribution in [3.05, 3.63) is 61.6 Å². The van der Waals surface area contributed by atoms with E-state index in [0.717, 1.165) is 23.7 Å². The highest BCUT2D eigenvalue weighted by atomic mass is 79.9. The van der Waals surface area contributed by atoms with Gasteiger partial charge in [-0.25, -0.2) is 4.98 Å². The average molecular weight is 521 g/mol. The number of hydrogen-bond donors (Lipinski definition) is 0. The molecule has 1 aromatic heterocycles. The van der Waals surface area contributed by atoms with Crippen LogP contribution in [-0.2, 0) is 6.42 Å². The molecular weight excluding hydrogens is 494 g/mol. The molecule has 0 radical (unpaired) electrons. The molecule has 0 fully saturated rings. The summed E-state index contributed by atoms with van der Waals surface area (Å²) in [6.07, 6.45) is 4.90. The second-order valence-electron chi connectivity index (χ2n) is 7.52. The summed E-state index contributed by atoms with van der Waals surface area (Å²) in [5, 5.41) is 5.51. The van der Waals surface area contributed by atoms with Crippen molar-refractivity contribution in [3.63, 3.8) is 0 Å². The molecule has 32 heavy (non-hydrogen) atoms. The van der Waals surface area contributed by atoms with Gasteiger partial charge in [0.1, 0.15) is 5.82 Å². The summed E-state index contributed by atoms with van der Waals surface area (Å²) < 4.78 is 13.7. The van der Waals surface area contributed by atoms with Crippen molar-refractivity contribution in [3.8, 4) is 11.5 Å². The number of nitrogens with zero attached hydrogens (tertiary/aromatic N) is 3. The van der Waals surface area contributed by atoms with Gasteiger partial charge in [-0.15, -0.1) is 0 Å². The van der Waals surface area contributed by atoms with E-state index in [9.17, 15) is 4.79 Å². The molecule has 0 saturated heterocycles. The molecule has 0 amide bonds. The maximum atomic E-state index is 13.3. The van der Waals surface area contributed by atoms with Crippen molar-refractivity contribution in [2.75, 3.05) is 7.11 Å². The molecule has 3 aromatic rings. The number of halogens is 2. The number of benzene rings is 2. The SMILES string of the molecule is CCCCc1nc2ccc(Br)cc2c(=O)n1N=Cc1cc(Cl)cc(OC)c1O[C@H](C)CC. The summed E-state index contributed by atoms with van der Waals surface area (Å²) in [5.74, 6) is 1.66. The molecule has 0 unspecified atom stereocenters. The number of unbranched alkanes of at least 4 members (excludes halogenated alkanes) is 1. The van der Waals surface area contributed by atoms with E-state index in [1.807, 2.05) is 26.0 Å². The Balaban J connectivity index is 2.16. The number of methoxy groups -OCH3 is 1. The van der Waals surface area contributed by atoms with Crippen LogP contribution in [0.2, 0.25) is 5.02 Å². The molecule has 1 atom stereocenters. The Hall–Kier alpha value is -2.38. The van der Waals surface area contributed by atoms with Gasteiger partial charge in [0.2, 0.25) is 0 Å². The first kappa shape index (κ1) is 24.3. The van der Waals surface area contributed by atoms with E-state index in [1.54, 1.807) is 31.5 Å². The lowest BCUT2D eigenvalue weighted by Crippen LogP contribution is -2.22. The molecule has 0 N–H and O–H groups in total. The molecule has 0 aliphatic rings. The molecule has 170 valence electrons. The fourth-order valence-corrected chi connectivity index (χ4v) is 3.76. The summed E-state index contributed by atoms with van der Waals surface area (Å²) in [7, 11) is 1.56. The maximum Gasteiger partial charge on any atom is 0.282 e. The van der Waals surface area contributed by atoms with E-state index in [4.69, 9.17) is 26.1 Å². The molecule has 3 rings (SSSR count). The number of hydrogen-bond acceptors (Lipinski definition) is 5. The van der Waals surface area contributed by atoms with Crippen LogP contribution in [0.1, 0.15) is 51.4 Å². The van der Waals surface area contributed by atoms with E-state index in [1.165, 1.54) is 4.68 Å². The van der Waals surface area contributed by atoms with E-state index in [2.05, 4.69) is 28.0 Å². The van der Waals surface area contributed by atoms with Crippen LogP contribution in [0.4, 0.5) is 0 Å². The van der Waals surface area contributed by atoms with Crippen LogP contribution in [-0.4, -0.2) is 29.1 Å². The smallest absolute Gasteiger partial charge is 0.282 e. The zero-order valence-electron chi connectivity index (χ0n) is 18.7. The van der Waals surface area contributed by atoms with Gasteiger partial charge in [-0.2, -0.15) is 9.78 Å². The first-order valence-corrected chi connectivity index (χ1v) is 11.8. The molecule has 0 spiro atoms. The molecule has 0 bridgehead atoms. The van der Waals surface area contributed by atoms with Gasteiger partial charge in [-0.1, -0.05) is 47.8 Å². The second kappa shape index (κ2) is 11.0. The van der Waals surface area contributed by atoms with Crippen molar-refractivity contribution in [1.82, 2.24) is 9.66 Å². The highest BCUT2D eigenvalue weighted by Crippen LogP contribution is 2.35. The van der Waals surface area contributed by atoms with Crippen LogP contribution in [0.5, 0.6) is 11.5 Å². The third kappa shape index (κ3) is 5.51. The lowest BCUT2D eigenvalue weighted by molar-refractivity contribution is 0.207. The van der Waals surface area contributed by atoms with Crippen molar-refractivity contribution >= 4 is 44.6 Å². The second-order valence-corrected chi connectivity index (χ2v) is 8.87. The van der Waals surface area contributed by atoms with E-state index in [0.29, 0.717) is 45.2 Å². The molecule has 1 heterocycles. The van der Waals surface area contributed by atoms with Crippen molar-refractivity contribution < 1.29 is 9.47 Å². The summed E-state index contributed by atoms with van der Waals surface area (Å²) in [6, 6.07) is 8.92. The fraction of sp³-hybridized carbons (Fsp3) is 0.375. The Morgan fingerprint density at radius 1 is 1.28 bits per heavy atom. The van der Waals surface area contributed by atoms with Crippen LogP contribution in [0.25, 0.3) is 10.9 Å². The van der Waals surface area contributed by atoms with Gasteiger partial charge in [-0.3, -0.25) is 4.79 Å². The largest absolute Gasteiger partial charge is 0.493 e. The van der Waals surface area contributed by atoms with Crippen molar-refractivity contribution in [1.29, 1.82) is 0 Å². The minimum absolute atomic E-state index is 0.0280. The molecule has 8 heteroatoms. The summed E-state index contributed by atoms with van der Waals surface area (Å²) in [6.45, 7) is 6.12. The Morgan fingerprint density at radius 3 is 2.75 bits per heavy atom. The van der Waals surface area contributed by atoms with Crippen LogP contribution in [0, 0.1) is 0 Å². The highest BCUT2D eigenvalue weighted by molar-refractivity contribution is 9.10. The molecule has 0 aliphatic heterocycles. The topological polar surface area (TPSA) is 65.7 Å². The number of rotatable bonds is 9. The van der Waals surface area contributed by atoms with E-state index in [-0.39, 0.29) is 11.7 Å². The molecule has 0 aliphatic carbocycles. The molecular formula is C24H27BrClN3O3. The fourth-order valence-electron chi connectivity index (χ4n) is 3.18. The van der Waals surface area contributed by atoms with Crippen LogP contribution in [0.15, 0.2) is 44.7 Å². The Kier molecular flexibility index (Phi) is 8.32. The standard InChI is InChI=1S/C24H27BrClN3O3/c1-5-7-8-22-28-20-10-9-17(25)12-19(20)24(30)29(22)27-14-16-11-18(26)13-21(31-4)23(16)32-15(3)6-2/h9-15H,5-8H2,1-4H3/t15-/m1/s1. The first-order chi connectivity index (χ1) is 15.4. The van der Waals surface area contributed by atoms with Gasteiger partial charge in [-0.05, 0) is 44.0 Å². The van der Waals surface area contributed by atoms with Gasteiger partial charge in [0.15, 0.2) is 11.5 Å². The minimum atomic E-state index is -0.225. The Morgan fingerprint density at radius 2 is 2.06 bits per heavy atom. The normalized spacial score (nSPS) is 12.4. The lowest BCUT2D eigenvalue weighted by Gasteiger charge is -2.18. The summed E-state index contributed by atoms with van der Waals surface area (Å²) >= 11 is 9.73. The average Bonchev–Trinajstić information content (AvgIpc) is 2.78. The van der Waals surface area contributed by atoms with Crippen LogP contribution < -0.4 is 15.0 Å². The van der Waals surface area contributed by atoms with Gasteiger partial charge in [0.25, 0.3) is 5.56 Å². The summed E-state index contributed by atoms with van der Waals surface area (Å²) in [5.41, 5.74) is 1.05. The number of aromatic nitrogens is 2. The third-order valence-electron chi connectivity index (χ3n) is 5.10. The lowest BCUT2D eigenvalue weighted by atomic mass is 10.2. The van der Waals surface area contributed by atoms with Gasteiger partial charge < -0.3 is 9.47 Å². The number of aryl methyl sites for hydroxylation is 1. The predicted molar refractivity (Wildman–Crippen MR) is 134 cm³/mol. The molecule has 6 nitrogen and oxygen atoms in total. The first-order valence-electron chi connectivity index (χ1n) is 10.7. The van der Waals surface area contributed by atoms with Gasteiger partial charge in [0.05, 0.1) is 30.3 Å². The minimum Gasteiger partial charge on any atom is -0.493 e. The zero-order chi connectivity index (χ0) is 23.3. The van der Waals surface area contributed by atoms with Crippen molar-refractivity contribution in [2.45, 2.75) is 52.6 Å². The van der Waals surface area contributed by atoms with Gasteiger partial charge in [0, 0.05) is 27.5 Å². The van der Waals surface area contributed by atoms with Crippen LogP contribution in [0.3, 0.4) is 0 Å². The van der Waals surface area contributed by atoms with Crippen molar-refractivity contribution in [2.24, 2.45) is 5.10 Å². The highest BCUT2D eigenvalue weighted by Gasteiger charge is 2.16. The van der Waals surface area contributed by atoms with Gasteiger partial charge >= 0.3 is 0 Å². The molecule has 2 aromatic carbocycles. The van der Waals surface area contributed by atoms with Crippen LogP contribution >= 0.6 is 27.5 Å². The van der Waals surface area contributed by atoms with E-state index < -0.39 is 0 Å². The Labute approximate surface area is 201 Å². The number of fused-ring (bicyclic) bond motifs is 1. The number of ether oxygens (including phenoxy) is 2. The monoisotopic (exact) mass is 519 g/mol. The third-order valence-corrected chi connectivity index (χ3v) is 5.82. The quantitative estimate of drug-likeness (QED) is 0.314. The Bertz CT molecular complexity index is 1190.